The summed E-state index contributed by atoms with van der Waals surface area (Å²) in [6.07, 6.45) is 17.5. The molecule has 0 saturated heterocycles. The first kappa shape index (κ1) is 19.4. The van der Waals surface area contributed by atoms with Crippen molar-refractivity contribution >= 4 is 6.21 Å². The molecule has 27 heavy (non-hydrogen) atoms. The van der Waals surface area contributed by atoms with E-state index in [0.717, 1.165) is 42.4 Å². The van der Waals surface area contributed by atoms with Crippen molar-refractivity contribution in [1.29, 1.82) is 0 Å². The second-order valence-electron chi connectivity index (χ2n) is 10.6. The quantitative estimate of drug-likeness (QED) is 0.468. The van der Waals surface area contributed by atoms with E-state index in [1.54, 1.807) is 0 Å². The Morgan fingerprint density at radius 2 is 1.78 bits per heavy atom. The standard InChI is InChI=1S/C25H39NO/c1-5-26-15-12-17(2)22-8-9-23-21-7-6-18-16-24(3,27)13-10-19(18)20(21)11-14-25(22,23)4/h5,12,15,18-23,27H,2,6-11,13-14,16H2,1,3-4H3/b15-12-,26-5-/t18-,19+,20-,21-,22-,23+,24-,25-/m1/s1. The minimum absolute atomic E-state index is 0.402. The summed E-state index contributed by atoms with van der Waals surface area (Å²) in [5, 5.41) is 10.6. The van der Waals surface area contributed by atoms with Crippen molar-refractivity contribution in [3.63, 3.8) is 0 Å². The average molecular weight is 370 g/mol. The van der Waals surface area contributed by atoms with Gasteiger partial charge < -0.3 is 5.11 Å². The topological polar surface area (TPSA) is 32.6 Å². The number of aliphatic imine (C=N–C) groups is 1. The third kappa shape index (κ3) is 3.37. The lowest BCUT2D eigenvalue weighted by atomic mass is 9.49. The van der Waals surface area contributed by atoms with Crippen LogP contribution in [-0.2, 0) is 0 Å². The molecule has 1 N–H and O–H groups in total. The molecule has 4 aliphatic rings. The molecule has 0 heterocycles. The zero-order chi connectivity index (χ0) is 19.2. The van der Waals surface area contributed by atoms with Gasteiger partial charge in [-0.3, -0.25) is 4.99 Å². The third-order valence-electron chi connectivity index (χ3n) is 9.21. The van der Waals surface area contributed by atoms with Crippen molar-refractivity contribution in [2.45, 2.75) is 84.2 Å². The molecular formula is C25H39NO. The lowest BCUT2D eigenvalue weighted by Gasteiger charge is -2.57. The van der Waals surface area contributed by atoms with E-state index >= 15 is 0 Å². The van der Waals surface area contributed by atoms with Gasteiger partial charge in [-0.05, 0) is 119 Å². The smallest absolute Gasteiger partial charge is 0.0622 e. The van der Waals surface area contributed by atoms with Gasteiger partial charge in [-0.25, -0.2) is 0 Å². The second-order valence-corrected chi connectivity index (χ2v) is 10.6. The maximum Gasteiger partial charge on any atom is 0.0622 e. The van der Waals surface area contributed by atoms with Crippen LogP contribution in [0.2, 0.25) is 0 Å². The highest BCUT2D eigenvalue weighted by Crippen LogP contribution is 2.65. The van der Waals surface area contributed by atoms with E-state index in [-0.39, 0.29) is 0 Å². The van der Waals surface area contributed by atoms with Crippen LogP contribution in [0.4, 0.5) is 0 Å². The molecule has 4 fully saturated rings. The number of rotatable bonds is 3. The molecule has 0 aliphatic heterocycles. The van der Waals surface area contributed by atoms with Gasteiger partial charge in [-0.2, -0.15) is 0 Å². The van der Waals surface area contributed by atoms with Gasteiger partial charge >= 0.3 is 0 Å². The molecule has 2 heteroatoms. The Kier molecular flexibility index (Phi) is 5.16. The molecule has 0 aromatic rings. The zero-order valence-corrected chi connectivity index (χ0v) is 17.7. The molecule has 0 aromatic carbocycles. The number of hydrogen-bond acceptors (Lipinski definition) is 2. The number of allylic oxidation sites excluding steroid dienone is 2. The predicted molar refractivity (Wildman–Crippen MR) is 114 cm³/mol. The van der Waals surface area contributed by atoms with E-state index in [1.165, 1.54) is 50.5 Å². The molecule has 150 valence electrons. The number of nitrogens with zero attached hydrogens (tertiary/aromatic N) is 1. The van der Waals surface area contributed by atoms with E-state index < -0.39 is 5.60 Å². The summed E-state index contributed by atoms with van der Waals surface area (Å²) >= 11 is 0. The SMILES string of the molecule is C=C(/C=C\N=C/C)[C@H]1CC[C@H]2[C@@H]3CC[C@@H]4C[C@](C)(O)CC[C@@H]4[C@H]3CC[C@]12C. The highest BCUT2D eigenvalue weighted by Gasteiger charge is 2.57. The summed E-state index contributed by atoms with van der Waals surface area (Å²) in [5.74, 6) is 5.02. The third-order valence-corrected chi connectivity index (χ3v) is 9.21. The van der Waals surface area contributed by atoms with Crippen LogP contribution in [0.25, 0.3) is 0 Å². The molecule has 0 radical (unpaired) electrons. The van der Waals surface area contributed by atoms with E-state index in [1.807, 2.05) is 19.3 Å². The first-order valence-corrected chi connectivity index (χ1v) is 11.4. The fourth-order valence-corrected chi connectivity index (χ4v) is 8.03. The molecular weight excluding hydrogens is 330 g/mol. The van der Waals surface area contributed by atoms with E-state index in [0.29, 0.717) is 11.3 Å². The minimum Gasteiger partial charge on any atom is -0.390 e. The van der Waals surface area contributed by atoms with Gasteiger partial charge in [0.25, 0.3) is 0 Å². The normalized spacial score (nSPS) is 49.8. The van der Waals surface area contributed by atoms with Gasteiger partial charge in [-0.15, -0.1) is 0 Å². The Morgan fingerprint density at radius 3 is 2.56 bits per heavy atom. The molecule has 0 amide bonds. The molecule has 0 aromatic heterocycles. The Labute approximate surface area is 166 Å². The van der Waals surface area contributed by atoms with Crippen LogP contribution in [0.5, 0.6) is 0 Å². The fourth-order valence-electron chi connectivity index (χ4n) is 8.03. The van der Waals surface area contributed by atoms with Crippen LogP contribution >= 0.6 is 0 Å². The summed E-state index contributed by atoms with van der Waals surface area (Å²) in [6, 6.07) is 0. The Hall–Kier alpha value is -0.890. The van der Waals surface area contributed by atoms with Gasteiger partial charge in [0, 0.05) is 12.4 Å². The largest absolute Gasteiger partial charge is 0.390 e. The monoisotopic (exact) mass is 369 g/mol. The molecule has 0 spiro atoms. The maximum absolute atomic E-state index is 10.6. The first-order chi connectivity index (χ1) is 12.9. The van der Waals surface area contributed by atoms with Crippen molar-refractivity contribution in [2.24, 2.45) is 45.9 Å². The van der Waals surface area contributed by atoms with Crippen molar-refractivity contribution in [3.05, 3.63) is 24.4 Å². The highest BCUT2D eigenvalue weighted by atomic mass is 16.3. The first-order valence-electron chi connectivity index (χ1n) is 11.4. The average Bonchev–Trinajstić information content (AvgIpc) is 2.98. The second kappa shape index (κ2) is 7.17. The van der Waals surface area contributed by atoms with Crippen molar-refractivity contribution in [1.82, 2.24) is 0 Å². The molecule has 0 bridgehead atoms. The van der Waals surface area contributed by atoms with Crippen molar-refractivity contribution < 1.29 is 5.11 Å². The maximum atomic E-state index is 10.6. The van der Waals surface area contributed by atoms with Crippen LogP contribution in [0.3, 0.4) is 0 Å². The Bertz CT molecular complexity index is 632. The minimum atomic E-state index is -0.402. The van der Waals surface area contributed by atoms with E-state index in [2.05, 4.69) is 31.5 Å². The molecule has 4 rings (SSSR count). The van der Waals surface area contributed by atoms with Gasteiger partial charge in [0.05, 0.1) is 5.60 Å². The summed E-state index contributed by atoms with van der Waals surface area (Å²) in [6.45, 7) is 11.0. The van der Waals surface area contributed by atoms with Crippen LogP contribution in [0.15, 0.2) is 29.4 Å². The van der Waals surface area contributed by atoms with Crippen LogP contribution in [0, 0.1) is 40.9 Å². The van der Waals surface area contributed by atoms with Gasteiger partial charge in [0.15, 0.2) is 0 Å². The van der Waals surface area contributed by atoms with Crippen LogP contribution in [-0.4, -0.2) is 16.9 Å². The number of fused-ring (bicyclic) bond motifs is 5. The van der Waals surface area contributed by atoms with E-state index in [9.17, 15) is 5.11 Å². The summed E-state index contributed by atoms with van der Waals surface area (Å²) in [4.78, 5) is 4.25. The number of hydrogen-bond donors (Lipinski definition) is 1. The molecule has 4 aliphatic carbocycles. The van der Waals surface area contributed by atoms with E-state index in [4.69, 9.17) is 0 Å². The Balaban J connectivity index is 1.50. The predicted octanol–water partition coefficient (Wildman–Crippen LogP) is 6.17. The molecule has 4 saturated carbocycles. The van der Waals surface area contributed by atoms with Crippen LogP contribution < -0.4 is 0 Å². The fraction of sp³-hybridized carbons (Fsp3) is 0.800. The lowest BCUT2D eigenvalue weighted by Crippen LogP contribution is -2.50. The summed E-state index contributed by atoms with van der Waals surface area (Å²) in [5.41, 5.74) is 1.33. The number of aliphatic hydroxyl groups is 1. The highest BCUT2D eigenvalue weighted by molar-refractivity contribution is 5.54. The van der Waals surface area contributed by atoms with Crippen LogP contribution in [0.1, 0.15) is 78.6 Å². The lowest BCUT2D eigenvalue weighted by molar-refractivity contribution is -0.0976. The zero-order valence-electron chi connectivity index (χ0n) is 17.7. The van der Waals surface area contributed by atoms with Gasteiger partial charge in [0.1, 0.15) is 0 Å². The summed E-state index contributed by atoms with van der Waals surface area (Å²) < 4.78 is 0. The molecule has 0 unspecified atom stereocenters. The van der Waals surface area contributed by atoms with Crippen molar-refractivity contribution in [2.75, 3.05) is 0 Å². The Morgan fingerprint density at radius 1 is 1.00 bits per heavy atom. The summed E-state index contributed by atoms with van der Waals surface area (Å²) in [7, 11) is 0. The molecule has 8 atom stereocenters. The van der Waals surface area contributed by atoms with Gasteiger partial charge in [0.2, 0.25) is 0 Å². The van der Waals surface area contributed by atoms with Gasteiger partial charge in [-0.1, -0.05) is 19.1 Å². The molecule has 2 nitrogen and oxygen atoms in total. The van der Waals surface area contributed by atoms with Crippen molar-refractivity contribution in [3.8, 4) is 0 Å².